The third-order valence-corrected chi connectivity index (χ3v) is 5.69. The number of nitrogens with one attached hydrogen (secondary N) is 1. The fourth-order valence-electron chi connectivity index (χ4n) is 1.95. The maximum absolute atomic E-state index is 12.5. The molecule has 4 nitrogen and oxygen atoms in total. The molecular weight excluding hydrogens is 295 g/mol. The average Bonchev–Trinajstić information content (AvgIpc) is 2.33. The normalized spacial score (nSPS) is 22.1. The van der Waals surface area contributed by atoms with Crippen molar-refractivity contribution < 1.29 is 8.42 Å². The van der Waals surface area contributed by atoms with Crippen LogP contribution >= 0.6 is 23.2 Å². The van der Waals surface area contributed by atoms with E-state index in [1.807, 2.05) is 6.92 Å². The van der Waals surface area contributed by atoms with Crippen LogP contribution in [-0.4, -0.2) is 38.4 Å². The first-order chi connectivity index (χ1) is 8.43. The summed E-state index contributed by atoms with van der Waals surface area (Å²) in [6.07, 6.45) is 0. The number of nitrogens with zero attached hydrogens (tertiary/aromatic N) is 1. The molecule has 1 unspecified atom stereocenters. The summed E-state index contributed by atoms with van der Waals surface area (Å²) in [6.45, 7) is 3.65. The highest BCUT2D eigenvalue weighted by Crippen LogP contribution is 2.27. The Morgan fingerprint density at radius 1 is 1.33 bits per heavy atom. The van der Waals surface area contributed by atoms with Crippen LogP contribution < -0.4 is 5.32 Å². The van der Waals surface area contributed by atoms with Gasteiger partial charge in [0.2, 0.25) is 10.0 Å². The molecule has 0 aliphatic carbocycles. The van der Waals surface area contributed by atoms with Crippen LogP contribution in [0.25, 0.3) is 0 Å². The van der Waals surface area contributed by atoms with Gasteiger partial charge in [0.25, 0.3) is 0 Å². The van der Waals surface area contributed by atoms with Crippen LogP contribution in [-0.2, 0) is 10.0 Å². The first-order valence-electron chi connectivity index (χ1n) is 5.60. The molecule has 0 spiro atoms. The molecule has 7 heteroatoms. The van der Waals surface area contributed by atoms with E-state index in [1.165, 1.54) is 22.5 Å². The van der Waals surface area contributed by atoms with Crippen molar-refractivity contribution in [1.29, 1.82) is 0 Å². The minimum Gasteiger partial charge on any atom is -0.314 e. The Kier molecular flexibility index (Phi) is 4.18. The second-order valence-electron chi connectivity index (χ2n) is 4.24. The molecule has 0 radical (unpaired) electrons. The van der Waals surface area contributed by atoms with Crippen molar-refractivity contribution in [1.82, 2.24) is 9.62 Å². The molecule has 1 aromatic rings. The third-order valence-electron chi connectivity index (χ3n) is 2.94. The van der Waals surface area contributed by atoms with E-state index in [4.69, 9.17) is 23.2 Å². The van der Waals surface area contributed by atoms with E-state index in [0.717, 1.165) is 0 Å². The predicted octanol–water partition coefficient (Wildman–Crippen LogP) is 1.98. The molecule has 1 fully saturated rings. The molecule has 1 N–H and O–H groups in total. The number of halogens is 2. The Bertz CT molecular complexity index is 548. The molecular formula is C11H14Cl2N2O2S. The Morgan fingerprint density at radius 2 is 2.06 bits per heavy atom. The van der Waals surface area contributed by atoms with Crippen molar-refractivity contribution in [2.24, 2.45) is 0 Å². The Labute approximate surface area is 117 Å². The van der Waals surface area contributed by atoms with Crippen LogP contribution in [0.5, 0.6) is 0 Å². The topological polar surface area (TPSA) is 49.4 Å². The number of piperazine rings is 1. The summed E-state index contributed by atoms with van der Waals surface area (Å²) in [7, 11) is -3.50. The van der Waals surface area contributed by atoms with Gasteiger partial charge in [0.05, 0.1) is 14.9 Å². The second kappa shape index (κ2) is 5.35. The number of hydrogen-bond donors (Lipinski definition) is 1. The first-order valence-corrected chi connectivity index (χ1v) is 7.80. The van der Waals surface area contributed by atoms with Crippen molar-refractivity contribution >= 4 is 33.2 Å². The lowest BCUT2D eigenvalue weighted by molar-refractivity contribution is 0.284. The molecule has 1 saturated heterocycles. The fraction of sp³-hybridized carbons (Fsp3) is 0.455. The Hall–Kier alpha value is -0.330. The van der Waals surface area contributed by atoms with E-state index < -0.39 is 10.0 Å². The highest BCUT2D eigenvalue weighted by atomic mass is 35.5. The van der Waals surface area contributed by atoms with Crippen molar-refractivity contribution in [2.45, 2.75) is 17.9 Å². The summed E-state index contributed by atoms with van der Waals surface area (Å²) in [5.41, 5.74) is 0. The van der Waals surface area contributed by atoms with E-state index in [2.05, 4.69) is 5.32 Å². The van der Waals surface area contributed by atoms with E-state index in [0.29, 0.717) is 24.7 Å². The van der Waals surface area contributed by atoms with E-state index >= 15 is 0 Å². The maximum Gasteiger partial charge on any atom is 0.243 e. The largest absolute Gasteiger partial charge is 0.314 e. The molecule has 1 aliphatic rings. The van der Waals surface area contributed by atoms with Crippen LogP contribution in [0, 0.1) is 0 Å². The number of rotatable bonds is 2. The minimum atomic E-state index is -3.50. The maximum atomic E-state index is 12.5. The monoisotopic (exact) mass is 308 g/mol. The zero-order valence-electron chi connectivity index (χ0n) is 9.86. The average molecular weight is 309 g/mol. The molecule has 1 aliphatic heterocycles. The second-order valence-corrected chi connectivity index (χ2v) is 6.95. The highest BCUT2D eigenvalue weighted by Gasteiger charge is 2.31. The summed E-state index contributed by atoms with van der Waals surface area (Å²) in [5, 5.41) is 3.76. The highest BCUT2D eigenvalue weighted by molar-refractivity contribution is 7.89. The molecule has 0 amide bonds. The van der Waals surface area contributed by atoms with Crippen molar-refractivity contribution in [3.8, 4) is 0 Å². The van der Waals surface area contributed by atoms with Gasteiger partial charge in [0.1, 0.15) is 0 Å². The molecule has 1 atom stereocenters. The van der Waals surface area contributed by atoms with Crippen LogP contribution in [0.15, 0.2) is 23.1 Å². The fourth-order valence-corrected chi connectivity index (χ4v) is 3.97. The minimum absolute atomic E-state index is 0.0711. The van der Waals surface area contributed by atoms with Gasteiger partial charge < -0.3 is 5.32 Å². The van der Waals surface area contributed by atoms with Gasteiger partial charge >= 0.3 is 0 Å². The van der Waals surface area contributed by atoms with Crippen molar-refractivity contribution in [3.05, 3.63) is 28.2 Å². The molecule has 18 heavy (non-hydrogen) atoms. The molecule has 2 rings (SSSR count). The molecule has 1 heterocycles. The van der Waals surface area contributed by atoms with Gasteiger partial charge in [0.15, 0.2) is 0 Å². The number of hydrogen-bond acceptors (Lipinski definition) is 3. The lowest BCUT2D eigenvalue weighted by Gasteiger charge is -2.32. The molecule has 0 aromatic heterocycles. The molecule has 100 valence electrons. The lowest BCUT2D eigenvalue weighted by Crippen LogP contribution is -2.52. The van der Waals surface area contributed by atoms with Crippen molar-refractivity contribution in [3.63, 3.8) is 0 Å². The van der Waals surface area contributed by atoms with Crippen LogP contribution in [0.1, 0.15) is 6.92 Å². The van der Waals surface area contributed by atoms with E-state index in [9.17, 15) is 8.42 Å². The third kappa shape index (κ3) is 2.65. The standard InChI is InChI=1S/C11H14Cl2N2O2S/c1-8-7-14-4-5-15(8)18(16,17)9-2-3-10(12)11(13)6-9/h2-3,6,8,14H,4-5,7H2,1H3. The summed E-state index contributed by atoms with van der Waals surface area (Å²) in [5.74, 6) is 0. The molecule has 0 bridgehead atoms. The smallest absolute Gasteiger partial charge is 0.243 e. The first kappa shape index (κ1) is 14.1. The zero-order valence-corrected chi connectivity index (χ0v) is 12.2. The quantitative estimate of drug-likeness (QED) is 0.909. The van der Waals surface area contributed by atoms with Crippen LogP contribution in [0.3, 0.4) is 0 Å². The summed E-state index contributed by atoms with van der Waals surface area (Å²) in [4.78, 5) is 0.186. The SMILES string of the molecule is CC1CNCCN1S(=O)(=O)c1ccc(Cl)c(Cl)c1. The van der Waals surface area contributed by atoms with Gasteiger partial charge in [-0.2, -0.15) is 4.31 Å². The predicted molar refractivity (Wildman–Crippen MR) is 72.7 cm³/mol. The zero-order chi connectivity index (χ0) is 13.3. The molecule has 1 aromatic carbocycles. The van der Waals surface area contributed by atoms with Gasteiger partial charge in [-0.1, -0.05) is 23.2 Å². The van der Waals surface area contributed by atoms with E-state index in [1.54, 1.807) is 0 Å². The summed E-state index contributed by atoms with van der Waals surface area (Å²) < 4.78 is 26.4. The van der Waals surface area contributed by atoms with Crippen LogP contribution in [0.2, 0.25) is 10.0 Å². The Balaban J connectivity index is 2.37. The molecule has 0 saturated carbocycles. The van der Waals surface area contributed by atoms with Crippen LogP contribution in [0.4, 0.5) is 0 Å². The lowest BCUT2D eigenvalue weighted by atomic mass is 10.3. The van der Waals surface area contributed by atoms with Crippen molar-refractivity contribution in [2.75, 3.05) is 19.6 Å². The summed E-state index contributed by atoms with van der Waals surface area (Å²) >= 11 is 11.7. The van der Waals surface area contributed by atoms with E-state index in [-0.39, 0.29) is 16.0 Å². The number of benzene rings is 1. The summed E-state index contributed by atoms with van der Waals surface area (Å²) in [6, 6.07) is 4.31. The Morgan fingerprint density at radius 3 is 2.67 bits per heavy atom. The van der Waals surface area contributed by atoms with Gasteiger partial charge in [-0.05, 0) is 25.1 Å². The van der Waals surface area contributed by atoms with Gasteiger partial charge in [-0.25, -0.2) is 8.42 Å². The van der Waals surface area contributed by atoms with Gasteiger partial charge in [-0.15, -0.1) is 0 Å². The van der Waals surface area contributed by atoms with Gasteiger partial charge in [-0.3, -0.25) is 0 Å². The van der Waals surface area contributed by atoms with Gasteiger partial charge in [0, 0.05) is 25.7 Å². The number of sulfonamides is 1.